The van der Waals surface area contributed by atoms with Gasteiger partial charge in [-0.25, -0.2) is 4.98 Å². The molecule has 2 fully saturated rings. The fourth-order valence-electron chi connectivity index (χ4n) is 4.36. The van der Waals surface area contributed by atoms with Crippen LogP contribution in [0.2, 0.25) is 10.0 Å². The van der Waals surface area contributed by atoms with E-state index >= 15 is 0 Å². The van der Waals surface area contributed by atoms with Gasteiger partial charge in [-0.3, -0.25) is 9.59 Å². The van der Waals surface area contributed by atoms with Crippen LogP contribution in [0, 0.1) is 5.92 Å². The number of carbonyl (C=O) groups excluding carboxylic acids is 2. The van der Waals surface area contributed by atoms with Crippen LogP contribution in [0.1, 0.15) is 53.3 Å². The molecule has 1 aromatic carbocycles. The molecule has 0 radical (unpaired) electrons. The van der Waals surface area contributed by atoms with Crippen LogP contribution in [0.5, 0.6) is 0 Å². The summed E-state index contributed by atoms with van der Waals surface area (Å²) in [5, 5.41) is 3.15. The maximum absolute atomic E-state index is 13.7. The number of nitrogens with zero attached hydrogens (tertiary/aromatic N) is 2. The molecule has 0 unspecified atom stereocenters. The molecule has 0 bridgehead atoms. The number of carbonyl (C=O) groups is 2. The Balaban J connectivity index is 1.32. The molecule has 0 spiro atoms. The van der Waals surface area contributed by atoms with Gasteiger partial charge in [-0.15, -0.1) is 0 Å². The van der Waals surface area contributed by atoms with Gasteiger partial charge in [-0.1, -0.05) is 23.2 Å². The van der Waals surface area contributed by atoms with Gasteiger partial charge < -0.3 is 14.6 Å². The minimum atomic E-state index is -4.64. The maximum Gasteiger partial charge on any atom is 0.420 e. The van der Waals surface area contributed by atoms with Gasteiger partial charge in [-0.05, 0) is 61.4 Å². The fraction of sp³-hybridized carbons (Fsp3) is 0.375. The van der Waals surface area contributed by atoms with Crippen molar-refractivity contribution < 1.29 is 27.2 Å². The summed E-state index contributed by atoms with van der Waals surface area (Å²) in [5.41, 5.74) is -0.808. The number of anilines is 1. The number of piperidine rings is 1. The van der Waals surface area contributed by atoms with E-state index in [1.807, 2.05) is 0 Å². The SMILES string of the molecule is O=C(Nc1ccc(Cl)cn1)C1CCN(C(=O)c2oc3c(C(F)(F)F)cc(C4CC4)cc3c2Cl)CC1. The van der Waals surface area contributed by atoms with Crippen LogP contribution in [0.4, 0.5) is 19.0 Å². The first-order chi connectivity index (χ1) is 16.6. The number of furan rings is 1. The smallest absolute Gasteiger partial charge is 0.420 e. The number of hydrogen-bond donors (Lipinski definition) is 1. The number of halogens is 5. The predicted octanol–water partition coefficient (Wildman–Crippen LogP) is 6.52. The lowest BCUT2D eigenvalue weighted by Crippen LogP contribution is -2.41. The van der Waals surface area contributed by atoms with Crippen molar-refractivity contribution >= 4 is 51.8 Å². The number of aromatic nitrogens is 1. The zero-order valence-electron chi connectivity index (χ0n) is 18.3. The Morgan fingerprint density at radius 1 is 1.09 bits per heavy atom. The molecule has 3 aromatic rings. The normalized spacial score (nSPS) is 17.1. The van der Waals surface area contributed by atoms with Crippen molar-refractivity contribution in [3.05, 3.63) is 57.4 Å². The number of fused-ring (bicyclic) bond motifs is 1. The van der Waals surface area contributed by atoms with Crippen molar-refractivity contribution in [1.82, 2.24) is 9.88 Å². The molecule has 1 aliphatic carbocycles. The Bertz CT molecular complexity index is 1300. The van der Waals surface area contributed by atoms with Crippen molar-refractivity contribution in [1.29, 1.82) is 0 Å². The highest BCUT2D eigenvalue weighted by atomic mass is 35.5. The predicted molar refractivity (Wildman–Crippen MR) is 125 cm³/mol. The van der Waals surface area contributed by atoms with Gasteiger partial charge in [-0.2, -0.15) is 13.2 Å². The van der Waals surface area contributed by atoms with Crippen LogP contribution in [0.25, 0.3) is 11.0 Å². The second kappa shape index (κ2) is 9.02. The van der Waals surface area contributed by atoms with Crippen LogP contribution in [0.15, 0.2) is 34.9 Å². The van der Waals surface area contributed by atoms with E-state index in [1.165, 1.54) is 11.1 Å². The van der Waals surface area contributed by atoms with E-state index in [2.05, 4.69) is 10.3 Å². The Labute approximate surface area is 208 Å². The van der Waals surface area contributed by atoms with Gasteiger partial charge in [0.05, 0.1) is 15.6 Å². The number of nitrogens with one attached hydrogen (secondary N) is 1. The molecule has 5 rings (SSSR count). The molecule has 1 aliphatic heterocycles. The van der Waals surface area contributed by atoms with Gasteiger partial charge in [0.2, 0.25) is 11.7 Å². The highest BCUT2D eigenvalue weighted by Crippen LogP contribution is 2.47. The van der Waals surface area contributed by atoms with Gasteiger partial charge in [0.1, 0.15) is 11.4 Å². The molecular formula is C24H20Cl2F3N3O3. The summed E-state index contributed by atoms with van der Waals surface area (Å²) in [6, 6.07) is 5.88. The summed E-state index contributed by atoms with van der Waals surface area (Å²) in [4.78, 5) is 31.2. The number of pyridine rings is 1. The zero-order valence-corrected chi connectivity index (χ0v) is 19.8. The highest BCUT2D eigenvalue weighted by molar-refractivity contribution is 6.38. The van der Waals surface area contributed by atoms with Crippen molar-refractivity contribution in [2.45, 2.75) is 37.8 Å². The summed E-state index contributed by atoms with van der Waals surface area (Å²) in [5.74, 6) is -1.03. The van der Waals surface area contributed by atoms with E-state index in [4.69, 9.17) is 27.6 Å². The number of hydrogen-bond acceptors (Lipinski definition) is 4. The quantitative estimate of drug-likeness (QED) is 0.420. The van der Waals surface area contributed by atoms with E-state index < -0.39 is 23.2 Å². The van der Waals surface area contributed by atoms with Crippen molar-refractivity contribution in [3.8, 4) is 0 Å². The third kappa shape index (κ3) is 4.84. The minimum Gasteiger partial charge on any atom is -0.449 e. The van der Waals surface area contributed by atoms with Gasteiger partial charge >= 0.3 is 6.18 Å². The molecular weight excluding hydrogens is 506 g/mol. The monoisotopic (exact) mass is 525 g/mol. The molecule has 2 amide bonds. The van der Waals surface area contributed by atoms with Gasteiger partial charge in [0.15, 0.2) is 0 Å². The summed E-state index contributed by atoms with van der Waals surface area (Å²) in [6.45, 7) is 0.468. The second-order valence-corrected chi connectivity index (χ2v) is 9.69. The third-order valence-corrected chi connectivity index (χ3v) is 7.03. The summed E-state index contributed by atoms with van der Waals surface area (Å²) in [6.07, 6.45) is -0.824. The van der Waals surface area contributed by atoms with Gasteiger partial charge in [0, 0.05) is 30.6 Å². The number of benzene rings is 1. The topological polar surface area (TPSA) is 75.4 Å². The lowest BCUT2D eigenvalue weighted by molar-refractivity contribution is -0.136. The van der Waals surface area contributed by atoms with Crippen LogP contribution < -0.4 is 5.32 Å². The van der Waals surface area contributed by atoms with E-state index in [1.54, 1.807) is 18.2 Å². The lowest BCUT2D eigenvalue weighted by atomic mass is 9.95. The Morgan fingerprint density at radius 2 is 1.80 bits per heavy atom. The molecule has 2 aliphatic rings. The van der Waals surface area contributed by atoms with E-state index in [9.17, 15) is 22.8 Å². The zero-order chi connectivity index (χ0) is 24.9. The number of alkyl halides is 3. The van der Waals surface area contributed by atoms with E-state index in [-0.39, 0.29) is 47.0 Å². The molecule has 11 heteroatoms. The van der Waals surface area contributed by atoms with Crippen LogP contribution in [0.3, 0.4) is 0 Å². The largest absolute Gasteiger partial charge is 0.449 e. The van der Waals surface area contributed by atoms with E-state index in [0.717, 1.165) is 18.9 Å². The molecule has 1 saturated heterocycles. The number of amides is 2. The van der Waals surface area contributed by atoms with Crippen LogP contribution >= 0.6 is 23.2 Å². The first-order valence-electron chi connectivity index (χ1n) is 11.2. The molecule has 6 nitrogen and oxygen atoms in total. The number of likely N-dealkylation sites (tertiary alicyclic amines) is 1. The molecule has 0 atom stereocenters. The Kier molecular flexibility index (Phi) is 6.17. The van der Waals surface area contributed by atoms with Gasteiger partial charge in [0.25, 0.3) is 5.91 Å². The lowest BCUT2D eigenvalue weighted by Gasteiger charge is -2.30. The third-order valence-electron chi connectivity index (χ3n) is 6.43. The van der Waals surface area contributed by atoms with Crippen molar-refractivity contribution in [2.75, 3.05) is 18.4 Å². The first-order valence-corrected chi connectivity index (χ1v) is 11.9. The number of rotatable bonds is 4. The average Bonchev–Trinajstić information content (AvgIpc) is 3.63. The van der Waals surface area contributed by atoms with Crippen LogP contribution in [-0.2, 0) is 11.0 Å². The van der Waals surface area contributed by atoms with Crippen molar-refractivity contribution in [2.24, 2.45) is 5.92 Å². The molecule has 1 N–H and O–H groups in total. The average molecular weight is 526 g/mol. The first kappa shape index (κ1) is 23.9. The van der Waals surface area contributed by atoms with Crippen molar-refractivity contribution in [3.63, 3.8) is 0 Å². The summed E-state index contributed by atoms with van der Waals surface area (Å²) < 4.78 is 46.6. The summed E-state index contributed by atoms with van der Waals surface area (Å²) >= 11 is 12.2. The summed E-state index contributed by atoms with van der Waals surface area (Å²) in [7, 11) is 0. The molecule has 1 saturated carbocycles. The molecule has 184 valence electrons. The second-order valence-electron chi connectivity index (χ2n) is 8.88. The molecule has 3 heterocycles. The van der Waals surface area contributed by atoms with E-state index in [0.29, 0.717) is 29.2 Å². The standard InChI is InChI=1S/C24H20Cl2F3N3O3/c25-15-3-4-18(30-11-15)31-22(33)13-5-7-32(8-6-13)23(34)21-19(26)16-9-14(12-1-2-12)10-17(20(16)35-21)24(27,28)29/h3-4,9-13H,1-2,5-8H2,(H,30,31,33). The fourth-order valence-corrected chi connectivity index (χ4v) is 4.73. The molecule has 35 heavy (non-hydrogen) atoms. The Hall–Kier alpha value is -2.78. The Morgan fingerprint density at radius 3 is 2.40 bits per heavy atom. The van der Waals surface area contributed by atoms with Crippen LogP contribution in [-0.4, -0.2) is 34.8 Å². The molecule has 2 aromatic heterocycles. The maximum atomic E-state index is 13.7. The highest BCUT2D eigenvalue weighted by Gasteiger charge is 2.39. The minimum absolute atomic E-state index is 0.0684.